The van der Waals surface area contributed by atoms with Crippen LogP contribution >= 0.6 is 0 Å². The van der Waals surface area contributed by atoms with Gasteiger partial charge in [0.2, 0.25) is 0 Å². The molecule has 0 aromatic carbocycles. The average Bonchev–Trinajstić information content (AvgIpc) is 2.47. The van der Waals surface area contributed by atoms with Crippen molar-refractivity contribution in [2.45, 2.75) is 33.5 Å². The van der Waals surface area contributed by atoms with E-state index < -0.39 is 12.8 Å². The molecule has 0 amide bonds. The van der Waals surface area contributed by atoms with E-state index in [1.54, 1.807) is 13.8 Å². The fourth-order valence-corrected chi connectivity index (χ4v) is 1.76. The van der Waals surface area contributed by atoms with Gasteiger partial charge < -0.3 is 4.74 Å². The molecule has 0 spiro atoms. The van der Waals surface area contributed by atoms with Crippen LogP contribution in [0.2, 0.25) is 0 Å². The molecule has 7 heteroatoms. The molecule has 1 aromatic heterocycles. The van der Waals surface area contributed by atoms with Crippen LogP contribution in [0.5, 0.6) is 0 Å². The summed E-state index contributed by atoms with van der Waals surface area (Å²) in [5.41, 5.74) is 1.75. The molecule has 0 saturated carbocycles. The number of carbonyl (C=O) groups is 1. The summed E-state index contributed by atoms with van der Waals surface area (Å²) in [5, 5.41) is 4.10. The van der Waals surface area contributed by atoms with Gasteiger partial charge in [-0.1, -0.05) is 0 Å². The quantitative estimate of drug-likeness (QED) is 0.605. The zero-order valence-electron chi connectivity index (χ0n) is 10.5. The summed E-state index contributed by atoms with van der Waals surface area (Å²) in [6.07, 6.45) is -4.32. The van der Waals surface area contributed by atoms with E-state index in [0.29, 0.717) is 17.0 Å². The number of halogens is 3. The van der Waals surface area contributed by atoms with Crippen molar-refractivity contribution in [3.63, 3.8) is 0 Å². The number of carbonyl (C=O) groups excluding carboxylic acids is 1. The van der Waals surface area contributed by atoms with Crippen LogP contribution in [0, 0.1) is 13.8 Å². The van der Waals surface area contributed by atoms with Crippen LogP contribution in [0.15, 0.2) is 0 Å². The molecule has 0 unspecified atom stereocenters. The second-order valence-electron chi connectivity index (χ2n) is 3.99. The monoisotopic (exact) mass is 264 g/mol. The van der Waals surface area contributed by atoms with Gasteiger partial charge in [0.25, 0.3) is 0 Å². The molecule has 0 radical (unpaired) electrons. The Labute approximate surface area is 103 Å². The summed E-state index contributed by atoms with van der Waals surface area (Å²) in [5.74, 6) is -0.104. The maximum absolute atomic E-state index is 11.8. The molecular weight excluding hydrogens is 249 g/mol. The van der Waals surface area contributed by atoms with Crippen molar-refractivity contribution in [2.24, 2.45) is 0 Å². The summed E-state index contributed by atoms with van der Waals surface area (Å²) in [6, 6.07) is 0. The molecule has 0 aliphatic rings. The predicted molar refractivity (Wildman–Crippen MR) is 58.6 cm³/mol. The van der Waals surface area contributed by atoms with Gasteiger partial charge in [0.1, 0.15) is 6.61 Å². The van der Waals surface area contributed by atoms with E-state index in [9.17, 15) is 18.0 Å². The molecule has 0 atom stereocenters. The molecule has 18 heavy (non-hydrogen) atoms. The number of nitrogens with zero attached hydrogens (tertiary/aromatic N) is 2. The van der Waals surface area contributed by atoms with Gasteiger partial charge in [0, 0.05) is 5.69 Å². The fourth-order valence-electron chi connectivity index (χ4n) is 1.76. The van der Waals surface area contributed by atoms with Gasteiger partial charge in [0.15, 0.2) is 5.78 Å². The highest BCUT2D eigenvalue weighted by Crippen LogP contribution is 2.15. The number of rotatable bonds is 5. The van der Waals surface area contributed by atoms with E-state index in [4.69, 9.17) is 0 Å². The first kappa shape index (κ1) is 14.7. The first-order valence-corrected chi connectivity index (χ1v) is 5.42. The highest BCUT2D eigenvalue weighted by molar-refractivity contribution is 5.96. The molecule has 0 saturated heterocycles. The van der Waals surface area contributed by atoms with Gasteiger partial charge >= 0.3 is 6.18 Å². The van der Waals surface area contributed by atoms with Crippen LogP contribution in [0.3, 0.4) is 0 Å². The highest BCUT2D eigenvalue weighted by atomic mass is 19.4. The molecule has 0 bridgehead atoms. The molecule has 1 heterocycles. The maximum Gasteiger partial charge on any atom is 0.411 e. The lowest BCUT2D eigenvalue weighted by atomic mass is 10.1. The fraction of sp³-hybridized carbons (Fsp3) is 0.636. The Morgan fingerprint density at radius 2 is 2.00 bits per heavy atom. The Kier molecular flexibility index (Phi) is 4.50. The van der Waals surface area contributed by atoms with E-state index in [-0.39, 0.29) is 18.9 Å². The van der Waals surface area contributed by atoms with Crippen LogP contribution in [-0.4, -0.2) is 35.0 Å². The van der Waals surface area contributed by atoms with E-state index in [2.05, 4.69) is 9.84 Å². The van der Waals surface area contributed by atoms with Crippen LogP contribution in [-0.2, 0) is 11.3 Å². The number of hydrogen-bond acceptors (Lipinski definition) is 3. The second-order valence-corrected chi connectivity index (χ2v) is 3.99. The minimum atomic E-state index is -4.32. The molecule has 0 N–H and O–H groups in total. The number of ether oxygens (including phenoxy) is 1. The van der Waals surface area contributed by atoms with Crippen molar-refractivity contribution >= 4 is 5.78 Å². The SMILES string of the molecule is CC(=O)c1c(C)nn(CCOCC(F)(F)F)c1C. The summed E-state index contributed by atoms with van der Waals surface area (Å²) in [6.45, 7) is 3.65. The van der Waals surface area contributed by atoms with Crippen LogP contribution in [0.4, 0.5) is 13.2 Å². The number of hydrogen-bond donors (Lipinski definition) is 0. The van der Waals surface area contributed by atoms with Crippen molar-refractivity contribution in [1.82, 2.24) is 9.78 Å². The van der Waals surface area contributed by atoms with E-state index >= 15 is 0 Å². The Balaban J connectivity index is 2.59. The van der Waals surface area contributed by atoms with Gasteiger partial charge in [-0.25, -0.2) is 0 Å². The van der Waals surface area contributed by atoms with E-state index in [1.165, 1.54) is 11.6 Å². The molecule has 1 aromatic rings. The zero-order chi connectivity index (χ0) is 13.9. The lowest BCUT2D eigenvalue weighted by molar-refractivity contribution is -0.174. The predicted octanol–water partition coefficient (Wildman–Crippen LogP) is 2.28. The van der Waals surface area contributed by atoms with Crippen LogP contribution in [0.1, 0.15) is 28.7 Å². The van der Waals surface area contributed by atoms with Crippen molar-refractivity contribution in [3.05, 3.63) is 17.0 Å². The zero-order valence-corrected chi connectivity index (χ0v) is 10.5. The third-order valence-corrected chi connectivity index (χ3v) is 2.45. The molecular formula is C11H15F3N2O2. The highest BCUT2D eigenvalue weighted by Gasteiger charge is 2.27. The maximum atomic E-state index is 11.8. The summed E-state index contributed by atoms with van der Waals surface area (Å²) in [7, 11) is 0. The average molecular weight is 264 g/mol. The lowest BCUT2D eigenvalue weighted by Crippen LogP contribution is -2.19. The number of aromatic nitrogens is 2. The normalized spacial score (nSPS) is 11.9. The third-order valence-electron chi connectivity index (χ3n) is 2.45. The Bertz CT molecular complexity index is 438. The van der Waals surface area contributed by atoms with Crippen LogP contribution < -0.4 is 0 Å². The van der Waals surface area contributed by atoms with Crippen LogP contribution in [0.25, 0.3) is 0 Å². The molecule has 102 valence electrons. The van der Waals surface area contributed by atoms with E-state index in [1.807, 2.05) is 0 Å². The smallest absolute Gasteiger partial charge is 0.370 e. The van der Waals surface area contributed by atoms with Crippen molar-refractivity contribution < 1.29 is 22.7 Å². The molecule has 0 fully saturated rings. The van der Waals surface area contributed by atoms with E-state index in [0.717, 1.165) is 0 Å². The first-order chi connectivity index (χ1) is 8.22. The topological polar surface area (TPSA) is 44.1 Å². The second kappa shape index (κ2) is 5.51. The standard InChI is InChI=1S/C11H15F3N2O2/c1-7-10(9(3)17)8(2)16(15-7)4-5-18-6-11(12,13)14/h4-6H2,1-3H3. The Morgan fingerprint density at radius 1 is 1.39 bits per heavy atom. The van der Waals surface area contributed by atoms with Gasteiger partial charge in [0.05, 0.1) is 24.4 Å². The van der Waals surface area contributed by atoms with Gasteiger partial charge in [-0.2, -0.15) is 18.3 Å². The minimum Gasteiger partial charge on any atom is -0.370 e. The van der Waals surface area contributed by atoms with Gasteiger partial charge in [-0.05, 0) is 20.8 Å². The number of Topliss-reactive ketones (excluding diaryl/α,β-unsaturated/α-hetero) is 1. The summed E-state index contributed by atoms with van der Waals surface area (Å²) < 4.78 is 41.5. The summed E-state index contributed by atoms with van der Waals surface area (Å²) in [4.78, 5) is 11.3. The summed E-state index contributed by atoms with van der Waals surface area (Å²) >= 11 is 0. The van der Waals surface area contributed by atoms with Crippen molar-refractivity contribution in [3.8, 4) is 0 Å². The first-order valence-electron chi connectivity index (χ1n) is 5.42. The number of alkyl halides is 3. The molecule has 4 nitrogen and oxygen atoms in total. The lowest BCUT2D eigenvalue weighted by Gasteiger charge is -2.08. The molecule has 0 aliphatic heterocycles. The van der Waals surface area contributed by atoms with Gasteiger partial charge in [-0.15, -0.1) is 0 Å². The largest absolute Gasteiger partial charge is 0.411 e. The van der Waals surface area contributed by atoms with Crippen molar-refractivity contribution in [1.29, 1.82) is 0 Å². The third kappa shape index (κ3) is 3.83. The molecule has 1 rings (SSSR count). The Morgan fingerprint density at radius 3 is 2.44 bits per heavy atom. The van der Waals surface area contributed by atoms with Gasteiger partial charge in [-0.3, -0.25) is 9.48 Å². The molecule has 0 aliphatic carbocycles. The van der Waals surface area contributed by atoms with Crippen molar-refractivity contribution in [2.75, 3.05) is 13.2 Å². The Hall–Kier alpha value is -1.37. The number of aryl methyl sites for hydroxylation is 1. The number of ketones is 1. The minimum absolute atomic E-state index is 0.0984.